The third-order valence-corrected chi connectivity index (χ3v) is 2.39. The molecular formula is C10H14N2O. The Kier molecular flexibility index (Phi) is 2.45. The minimum absolute atomic E-state index is 0.879. The predicted molar refractivity (Wildman–Crippen MR) is 50.2 cm³/mol. The Morgan fingerprint density at radius 1 is 1.62 bits per heavy atom. The van der Waals surface area contributed by atoms with Gasteiger partial charge >= 0.3 is 0 Å². The van der Waals surface area contributed by atoms with E-state index in [1.807, 2.05) is 6.07 Å². The van der Waals surface area contributed by atoms with Crippen LogP contribution < -0.4 is 0 Å². The topological polar surface area (TPSA) is 29.3 Å². The van der Waals surface area contributed by atoms with E-state index in [0.717, 1.165) is 25.4 Å². The van der Waals surface area contributed by atoms with Crippen LogP contribution in [0.25, 0.3) is 0 Å². The lowest BCUT2D eigenvalue weighted by molar-refractivity contribution is 0.245. The first-order chi connectivity index (χ1) is 6.34. The molecule has 0 unspecified atom stereocenters. The lowest BCUT2D eigenvalue weighted by Crippen LogP contribution is -2.27. The van der Waals surface area contributed by atoms with Gasteiger partial charge < -0.3 is 4.52 Å². The highest BCUT2D eigenvalue weighted by atomic mass is 16.5. The van der Waals surface area contributed by atoms with Crippen LogP contribution in [-0.4, -0.2) is 23.1 Å². The molecule has 13 heavy (non-hydrogen) atoms. The first-order valence-corrected chi connectivity index (χ1v) is 4.62. The molecule has 0 aliphatic carbocycles. The molecule has 0 saturated heterocycles. The highest BCUT2D eigenvalue weighted by Gasteiger charge is 2.10. The third kappa shape index (κ3) is 2.18. The summed E-state index contributed by atoms with van der Waals surface area (Å²) >= 11 is 0. The SMILES string of the molecule is CC1=CCN(Cc2ccno2)CC1. The normalized spacial score (nSPS) is 18.7. The molecule has 0 atom stereocenters. The molecule has 1 aliphatic rings. The van der Waals surface area contributed by atoms with Crippen molar-refractivity contribution in [3.8, 4) is 0 Å². The van der Waals surface area contributed by atoms with Crippen molar-refractivity contribution < 1.29 is 4.52 Å². The number of nitrogens with zero attached hydrogens (tertiary/aromatic N) is 2. The summed E-state index contributed by atoms with van der Waals surface area (Å²) in [5.74, 6) is 0.952. The molecule has 0 bridgehead atoms. The molecule has 1 aromatic rings. The van der Waals surface area contributed by atoms with Gasteiger partial charge in [0.1, 0.15) is 0 Å². The van der Waals surface area contributed by atoms with E-state index in [9.17, 15) is 0 Å². The van der Waals surface area contributed by atoms with Crippen LogP contribution in [-0.2, 0) is 6.54 Å². The lowest BCUT2D eigenvalue weighted by Gasteiger charge is -2.23. The molecule has 2 rings (SSSR count). The van der Waals surface area contributed by atoms with Crippen molar-refractivity contribution in [1.82, 2.24) is 10.1 Å². The van der Waals surface area contributed by atoms with Gasteiger partial charge in [0.05, 0.1) is 12.7 Å². The maximum atomic E-state index is 5.05. The van der Waals surface area contributed by atoms with E-state index < -0.39 is 0 Å². The van der Waals surface area contributed by atoms with Crippen molar-refractivity contribution in [1.29, 1.82) is 0 Å². The zero-order valence-electron chi connectivity index (χ0n) is 7.86. The predicted octanol–water partition coefficient (Wildman–Crippen LogP) is 1.83. The van der Waals surface area contributed by atoms with Gasteiger partial charge in [-0.3, -0.25) is 4.90 Å². The van der Waals surface area contributed by atoms with Gasteiger partial charge in [-0.05, 0) is 13.3 Å². The maximum absolute atomic E-state index is 5.05. The van der Waals surface area contributed by atoms with Crippen LogP contribution in [0.15, 0.2) is 28.4 Å². The average molecular weight is 178 g/mol. The van der Waals surface area contributed by atoms with Gasteiger partial charge in [-0.15, -0.1) is 0 Å². The molecule has 3 nitrogen and oxygen atoms in total. The Bertz CT molecular complexity index is 290. The number of aromatic nitrogens is 1. The largest absolute Gasteiger partial charge is 0.360 e. The molecule has 0 N–H and O–H groups in total. The second-order valence-electron chi connectivity index (χ2n) is 3.51. The summed E-state index contributed by atoms with van der Waals surface area (Å²) in [4.78, 5) is 2.35. The molecule has 0 saturated carbocycles. The molecule has 1 aliphatic heterocycles. The van der Waals surface area contributed by atoms with Crippen LogP contribution in [0.2, 0.25) is 0 Å². The first kappa shape index (κ1) is 8.51. The second kappa shape index (κ2) is 3.75. The Labute approximate surface area is 78.0 Å². The Hall–Kier alpha value is -1.09. The van der Waals surface area contributed by atoms with E-state index in [2.05, 4.69) is 23.1 Å². The molecule has 0 spiro atoms. The van der Waals surface area contributed by atoms with E-state index in [0.29, 0.717) is 0 Å². The van der Waals surface area contributed by atoms with E-state index in [1.165, 1.54) is 12.0 Å². The molecule has 3 heteroatoms. The average Bonchev–Trinajstić information content (AvgIpc) is 2.62. The third-order valence-electron chi connectivity index (χ3n) is 2.39. The Morgan fingerprint density at radius 2 is 2.54 bits per heavy atom. The zero-order valence-corrected chi connectivity index (χ0v) is 7.86. The monoisotopic (exact) mass is 178 g/mol. The molecule has 0 fully saturated rings. The van der Waals surface area contributed by atoms with Gasteiger partial charge in [0.15, 0.2) is 5.76 Å². The maximum Gasteiger partial charge on any atom is 0.150 e. The van der Waals surface area contributed by atoms with Crippen molar-refractivity contribution in [2.75, 3.05) is 13.1 Å². The van der Waals surface area contributed by atoms with Gasteiger partial charge in [0, 0.05) is 19.2 Å². The number of hydrogen-bond acceptors (Lipinski definition) is 3. The summed E-state index contributed by atoms with van der Waals surface area (Å²) in [7, 11) is 0. The molecule has 0 radical (unpaired) electrons. The van der Waals surface area contributed by atoms with Crippen LogP contribution in [0.5, 0.6) is 0 Å². The first-order valence-electron chi connectivity index (χ1n) is 4.62. The fourth-order valence-corrected chi connectivity index (χ4v) is 1.50. The standard InChI is InChI=1S/C10H14N2O/c1-9-3-6-12(7-4-9)8-10-2-5-11-13-10/h2-3,5H,4,6-8H2,1H3. The van der Waals surface area contributed by atoms with Crippen LogP contribution >= 0.6 is 0 Å². The minimum Gasteiger partial charge on any atom is -0.360 e. The highest BCUT2D eigenvalue weighted by molar-refractivity contribution is 5.04. The van der Waals surface area contributed by atoms with Crippen molar-refractivity contribution >= 4 is 0 Å². The van der Waals surface area contributed by atoms with Gasteiger partial charge in [0.2, 0.25) is 0 Å². The smallest absolute Gasteiger partial charge is 0.150 e. The fourth-order valence-electron chi connectivity index (χ4n) is 1.50. The van der Waals surface area contributed by atoms with Crippen LogP contribution in [0.3, 0.4) is 0 Å². The van der Waals surface area contributed by atoms with Crippen molar-refractivity contribution in [2.45, 2.75) is 19.9 Å². The quantitative estimate of drug-likeness (QED) is 0.647. The molecule has 70 valence electrons. The van der Waals surface area contributed by atoms with Gasteiger partial charge in [-0.2, -0.15) is 0 Å². The van der Waals surface area contributed by atoms with E-state index >= 15 is 0 Å². The van der Waals surface area contributed by atoms with Gasteiger partial charge in [-0.25, -0.2) is 0 Å². The van der Waals surface area contributed by atoms with E-state index in [1.54, 1.807) is 6.20 Å². The van der Waals surface area contributed by atoms with Gasteiger partial charge in [-0.1, -0.05) is 16.8 Å². The molecular weight excluding hydrogens is 164 g/mol. The van der Waals surface area contributed by atoms with Crippen LogP contribution in [0.1, 0.15) is 19.1 Å². The molecule has 2 heterocycles. The Morgan fingerprint density at radius 3 is 3.15 bits per heavy atom. The van der Waals surface area contributed by atoms with Gasteiger partial charge in [0.25, 0.3) is 0 Å². The molecule has 1 aromatic heterocycles. The molecule has 0 aromatic carbocycles. The van der Waals surface area contributed by atoms with E-state index in [-0.39, 0.29) is 0 Å². The summed E-state index contributed by atoms with van der Waals surface area (Å²) in [6.07, 6.45) is 5.15. The van der Waals surface area contributed by atoms with Crippen molar-refractivity contribution in [3.63, 3.8) is 0 Å². The summed E-state index contributed by atoms with van der Waals surface area (Å²) in [6, 6.07) is 1.92. The number of rotatable bonds is 2. The highest BCUT2D eigenvalue weighted by Crippen LogP contribution is 2.12. The zero-order chi connectivity index (χ0) is 9.10. The Balaban J connectivity index is 1.90. The minimum atomic E-state index is 0.879. The fraction of sp³-hybridized carbons (Fsp3) is 0.500. The molecule has 0 amide bonds. The van der Waals surface area contributed by atoms with Crippen molar-refractivity contribution in [2.24, 2.45) is 0 Å². The summed E-state index contributed by atoms with van der Waals surface area (Å²) < 4.78 is 5.05. The van der Waals surface area contributed by atoms with Crippen molar-refractivity contribution in [3.05, 3.63) is 29.7 Å². The van der Waals surface area contributed by atoms with Crippen LogP contribution in [0.4, 0.5) is 0 Å². The summed E-state index contributed by atoms with van der Waals surface area (Å²) in [5.41, 5.74) is 1.49. The van der Waals surface area contributed by atoms with E-state index in [4.69, 9.17) is 4.52 Å². The second-order valence-corrected chi connectivity index (χ2v) is 3.51. The summed E-state index contributed by atoms with van der Waals surface area (Å²) in [6.45, 7) is 5.23. The number of hydrogen-bond donors (Lipinski definition) is 0. The summed E-state index contributed by atoms with van der Waals surface area (Å²) in [5, 5.41) is 3.69. The van der Waals surface area contributed by atoms with Crippen LogP contribution in [0, 0.1) is 0 Å². The lowest BCUT2D eigenvalue weighted by atomic mass is 10.1.